The molecule has 3 aromatic carbocycles. The third-order valence-electron chi connectivity index (χ3n) is 3.90. The van der Waals surface area contributed by atoms with E-state index in [2.05, 4.69) is 29.2 Å². The first kappa shape index (κ1) is 14.6. The summed E-state index contributed by atoms with van der Waals surface area (Å²) in [5.41, 5.74) is 3.88. The molecule has 3 aromatic rings. The Labute approximate surface area is 130 Å². The second-order valence-electron chi connectivity index (χ2n) is 5.57. The van der Waals surface area contributed by atoms with Crippen molar-refractivity contribution < 1.29 is 10.0 Å². The van der Waals surface area contributed by atoms with Gasteiger partial charge in [0.15, 0.2) is 0 Å². The Morgan fingerprint density at radius 1 is 0.773 bits per heavy atom. The molecule has 0 aromatic heterocycles. The maximum Gasteiger partial charge on any atom is 0.488 e. The topological polar surface area (TPSA) is 43.7 Å². The molecule has 110 valence electrons. The van der Waals surface area contributed by atoms with Crippen molar-refractivity contribution in [2.24, 2.45) is 0 Å². The van der Waals surface area contributed by atoms with E-state index in [-0.39, 0.29) is 0 Å². The Kier molecular flexibility index (Phi) is 3.88. The number of hydrogen-bond acceptors (Lipinski definition) is 3. The lowest BCUT2D eigenvalue weighted by Crippen LogP contribution is -2.29. The van der Waals surface area contributed by atoms with Crippen molar-refractivity contribution in [2.75, 3.05) is 19.0 Å². The maximum absolute atomic E-state index is 9.20. The molecule has 0 heterocycles. The molecule has 0 fully saturated rings. The molecule has 0 aliphatic rings. The maximum atomic E-state index is 9.20. The van der Waals surface area contributed by atoms with E-state index < -0.39 is 7.12 Å². The molecule has 0 bridgehead atoms. The monoisotopic (exact) mass is 291 g/mol. The Balaban J connectivity index is 2.17. The van der Waals surface area contributed by atoms with Gasteiger partial charge in [0.05, 0.1) is 0 Å². The highest BCUT2D eigenvalue weighted by atomic mass is 16.4. The summed E-state index contributed by atoms with van der Waals surface area (Å²) >= 11 is 0. The Morgan fingerprint density at radius 2 is 1.41 bits per heavy atom. The van der Waals surface area contributed by atoms with Crippen LogP contribution in [0.25, 0.3) is 21.9 Å². The molecule has 0 saturated heterocycles. The van der Waals surface area contributed by atoms with E-state index in [0.717, 1.165) is 11.1 Å². The van der Waals surface area contributed by atoms with Gasteiger partial charge in [-0.1, -0.05) is 54.6 Å². The number of rotatable bonds is 3. The number of benzene rings is 3. The van der Waals surface area contributed by atoms with Gasteiger partial charge < -0.3 is 14.9 Å². The van der Waals surface area contributed by atoms with Crippen LogP contribution >= 0.6 is 0 Å². The van der Waals surface area contributed by atoms with Gasteiger partial charge in [0, 0.05) is 25.2 Å². The molecule has 3 rings (SSSR count). The highest BCUT2D eigenvalue weighted by Gasteiger charge is 2.12. The number of anilines is 1. The van der Waals surface area contributed by atoms with Crippen molar-refractivity contribution in [3.8, 4) is 11.1 Å². The first-order valence-corrected chi connectivity index (χ1v) is 7.23. The van der Waals surface area contributed by atoms with Gasteiger partial charge in [-0.3, -0.25) is 0 Å². The lowest BCUT2D eigenvalue weighted by Gasteiger charge is -2.17. The van der Waals surface area contributed by atoms with Gasteiger partial charge in [0.1, 0.15) is 0 Å². The minimum absolute atomic E-state index is 0.498. The Bertz CT molecular complexity index is 798. The summed E-state index contributed by atoms with van der Waals surface area (Å²) in [6.07, 6.45) is 0. The smallest absolute Gasteiger partial charge is 0.423 e. The van der Waals surface area contributed by atoms with Crippen molar-refractivity contribution >= 4 is 29.0 Å². The zero-order valence-electron chi connectivity index (χ0n) is 12.7. The molecule has 0 atom stereocenters. The average molecular weight is 291 g/mol. The first-order valence-electron chi connectivity index (χ1n) is 7.23. The molecule has 0 spiro atoms. The highest BCUT2D eigenvalue weighted by Crippen LogP contribution is 2.33. The molecular formula is C18H18BNO2. The van der Waals surface area contributed by atoms with Gasteiger partial charge in [-0.15, -0.1) is 0 Å². The molecule has 0 unspecified atom stereocenters. The fraction of sp³-hybridized carbons (Fsp3) is 0.111. The van der Waals surface area contributed by atoms with Crippen molar-refractivity contribution in [2.45, 2.75) is 0 Å². The molecule has 0 aliphatic heterocycles. The highest BCUT2D eigenvalue weighted by molar-refractivity contribution is 6.58. The molecule has 2 N–H and O–H groups in total. The summed E-state index contributed by atoms with van der Waals surface area (Å²) in [4.78, 5) is 2.11. The van der Waals surface area contributed by atoms with Gasteiger partial charge >= 0.3 is 7.12 Å². The molecule has 4 heteroatoms. The first-order chi connectivity index (χ1) is 10.6. The molecule has 3 nitrogen and oxygen atoms in total. The van der Waals surface area contributed by atoms with Crippen LogP contribution < -0.4 is 10.4 Å². The summed E-state index contributed by atoms with van der Waals surface area (Å²) in [6.45, 7) is 0. The van der Waals surface area contributed by atoms with Crippen LogP contribution in [0.15, 0.2) is 60.7 Å². The summed E-state index contributed by atoms with van der Waals surface area (Å²) < 4.78 is 0. The van der Waals surface area contributed by atoms with Gasteiger partial charge in [-0.25, -0.2) is 0 Å². The SMILES string of the molecule is CN(C)c1ccc(-c2ccc(B(O)O)cc2)c2ccccc12. The van der Waals surface area contributed by atoms with Crippen LogP contribution in [0.5, 0.6) is 0 Å². The lowest BCUT2D eigenvalue weighted by atomic mass is 9.79. The van der Waals surface area contributed by atoms with Crippen molar-refractivity contribution in [3.63, 3.8) is 0 Å². The molecular weight excluding hydrogens is 273 g/mol. The van der Waals surface area contributed by atoms with E-state index in [1.807, 2.05) is 38.4 Å². The Hall–Kier alpha value is -2.30. The van der Waals surface area contributed by atoms with Crippen LogP contribution in [0, 0.1) is 0 Å². The fourth-order valence-electron chi connectivity index (χ4n) is 2.76. The summed E-state index contributed by atoms with van der Waals surface area (Å²) in [5.74, 6) is 0. The zero-order chi connectivity index (χ0) is 15.7. The van der Waals surface area contributed by atoms with Gasteiger partial charge in [-0.2, -0.15) is 0 Å². The lowest BCUT2D eigenvalue weighted by molar-refractivity contribution is 0.426. The molecule has 0 aliphatic carbocycles. The van der Waals surface area contributed by atoms with Crippen molar-refractivity contribution in [1.29, 1.82) is 0 Å². The minimum Gasteiger partial charge on any atom is -0.423 e. The predicted octanol–water partition coefficient (Wildman–Crippen LogP) is 2.25. The molecule has 0 radical (unpaired) electrons. The second kappa shape index (κ2) is 5.83. The van der Waals surface area contributed by atoms with E-state index in [0.29, 0.717) is 5.46 Å². The normalized spacial score (nSPS) is 10.7. The molecule has 22 heavy (non-hydrogen) atoms. The predicted molar refractivity (Wildman–Crippen MR) is 93.5 cm³/mol. The van der Waals surface area contributed by atoms with Crippen molar-refractivity contribution in [3.05, 3.63) is 60.7 Å². The largest absolute Gasteiger partial charge is 0.488 e. The summed E-state index contributed by atoms with van der Waals surface area (Å²) in [5, 5.41) is 20.8. The van der Waals surface area contributed by atoms with E-state index in [4.69, 9.17) is 0 Å². The third kappa shape index (κ3) is 2.59. The quantitative estimate of drug-likeness (QED) is 0.727. The van der Waals surface area contributed by atoms with E-state index in [1.165, 1.54) is 16.5 Å². The van der Waals surface area contributed by atoms with Gasteiger partial charge in [-0.05, 0) is 28.0 Å². The third-order valence-corrected chi connectivity index (χ3v) is 3.90. The van der Waals surface area contributed by atoms with Crippen LogP contribution in [0.4, 0.5) is 5.69 Å². The van der Waals surface area contributed by atoms with E-state index >= 15 is 0 Å². The standard InChI is InChI=1S/C18H18BNO2/c1-20(2)18-12-11-15(16-5-3-4-6-17(16)18)13-7-9-14(10-8-13)19(21)22/h3-12,21-22H,1-2H3. The number of hydrogen-bond donors (Lipinski definition) is 2. The summed E-state index contributed by atoms with van der Waals surface area (Å²) in [6, 6.07) is 19.9. The van der Waals surface area contributed by atoms with Crippen LogP contribution in [0.3, 0.4) is 0 Å². The van der Waals surface area contributed by atoms with Crippen LogP contribution in [-0.4, -0.2) is 31.3 Å². The molecule has 0 amide bonds. The van der Waals surface area contributed by atoms with Gasteiger partial charge in [0.2, 0.25) is 0 Å². The number of nitrogens with zero attached hydrogens (tertiary/aromatic N) is 1. The van der Waals surface area contributed by atoms with E-state index in [1.54, 1.807) is 12.1 Å². The Morgan fingerprint density at radius 3 is 2.00 bits per heavy atom. The van der Waals surface area contributed by atoms with Crippen LogP contribution in [0.2, 0.25) is 0 Å². The molecule has 0 saturated carbocycles. The van der Waals surface area contributed by atoms with Crippen LogP contribution in [-0.2, 0) is 0 Å². The van der Waals surface area contributed by atoms with Crippen molar-refractivity contribution in [1.82, 2.24) is 0 Å². The van der Waals surface area contributed by atoms with Crippen LogP contribution in [0.1, 0.15) is 0 Å². The summed E-state index contributed by atoms with van der Waals surface area (Å²) in [7, 11) is 2.65. The van der Waals surface area contributed by atoms with Gasteiger partial charge in [0.25, 0.3) is 0 Å². The number of fused-ring (bicyclic) bond motifs is 1. The van der Waals surface area contributed by atoms with E-state index in [9.17, 15) is 10.0 Å². The second-order valence-corrected chi connectivity index (χ2v) is 5.57. The zero-order valence-corrected chi connectivity index (χ0v) is 12.7. The fourth-order valence-corrected chi connectivity index (χ4v) is 2.76. The minimum atomic E-state index is -1.43. The average Bonchev–Trinajstić information content (AvgIpc) is 2.53.